The average molecular weight is 246 g/mol. The average Bonchev–Trinajstić information content (AvgIpc) is 2.82. The van der Waals surface area contributed by atoms with Gasteiger partial charge in [0.05, 0.1) is 0 Å². The van der Waals surface area contributed by atoms with Crippen LogP contribution in [0.3, 0.4) is 0 Å². The van der Waals surface area contributed by atoms with Gasteiger partial charge in [0.2, 0.25) is 0 Å². The van der Waals surface area contributed by atoms with E-state index in [4.69, 9.17) is 5.73 Å². The molecule has 3 N–H and O–H groups in total. The molecule has 94 valence electrons. The van der Waals surface area contributed by atoms with E-state index >= 15 is 0 Å². The van der Waals surface area contributed by atoms with Crippen LogP contribution in [-0.2, 0) is 13.0 Å². The first-order valence-electron chi connectivity index (χ1n) is 5.96. The molecule has 18 heavy (non-hydrogen) atoms. The van der Waals surface area contributed by atoms with Crippen LogP contribution in [0.4, 0.5) is 0 Å². The van der Waals surface area contributed by atoms with Crippen molar-refractivity contribution in [2.45, 2.75) is 19.4 Å². The number of nitrogens with two attached hydrogens (primary N) is 1. The summed E-state index contributed by atoms with van der Waals surface area (Å²) in [6.07, 6.45) is 1.94. The zero-order valence-electron chi connectivity index (χ0n) is 9.83. The molecule has 0 saturated carbocycles. The maximum Gasteiger partial charge on any atom is 0.264 e. The van der Waals surface area contributed by atoms with Crippen molar-refractivity contribution < 1.29 is 0 Å². The molecular weight excluding hydrogens is 232 g/mol. The summed E-state index contributed by atoms with van der Waals surface area (Å²) < 4.78 is 2.04. The Morgan fingerprint density at radius 2 is 2.33 bits per heavy atom. The van der Waals surface area contributed by atoms with Gasteiger partial charge in [0.25, 0.3) is 5.56 Å². The highest BCUT2D eigenvalue weighted by molar-refractivity contribution is 5.48. The number of hydrogen-bond acceptors (Lipinski definition) is 5. The van der Waals surface area contributed by atoms with Gasteiger partial charge in [-0.15, -0.1) is 10.2 Å². The molecule has 0 bridgehead atoms. The maximum atomic E-state index is 11.0. The Kier molecular flexibility index (Phi) is 2.67. The molecule has 1 atom stereocenters. The van der Waals surface area contributed by atoms with E-state index in [0.29, 0.717) is 24.0 Å². The number of aromatic amines is 1. The Balaban J connectivity index is 2.01. The van der Waals surface area contributed by atoms with Crippen molar-refractivity contribution in [1.82, 2.24) is 25.0 Å². The van der Waals surface area contributed by atoms with Gasteiger partial charge in [0, 0.05) is 19.0 Å². The van der Waals surface area contributed by atoms with Crippen LogP contribution in [0.15, 0.2) is 16.9 Å². The molecule has 0 fully saturated rings. The predicted octanol–water partition coefficient (Wildman–Crippen LogP) is -0.451. The second-order valence-electron chi connectivity index (χ2n) is 4.50. The molecule has 0 spiro atoms. The van der Waals surface area contributed by atoms with Crippen molar-refractivity contribution in [2.75, 3.05) is 6.54 Å². The van der Waals surface area contributed by atoms with Crippen LogP contribution < -0.4 is 11.3 Å². The fourth-order valence-corrected chi connectivity index (χ4v) is 2.25. The first-order chi connectivity index (χ1) is 8.78. The fourth-order valence-electron chi connectivity index (χ4n) is 2.25. The molecule has 0 aliphatic carbocycles. The summed E-state index contributed by atoms with van der Waals surface area (Å²) in [6.45, 7) is 1.48. The fraction of sp³-hybridized carbons (Fsp3) is 0.455. The lowest BCUT2D eigenvalue weighted by molar-refractivity contribution is 0.375. The van der Waals surface area contributed by atoms with E-state index in [0.717, 1.165) is 25.2 Å². The minimum absolute atomic E-state index is 0.225. The number of fused-ring (bicyclic) bond motifs is 1. The van der Waals surface area contributed by atoms with E-state index in [-0.39, 0.29) is 5.56 Å². The summed E-state index contributed by atoms with van der Waals surface area (Å²) in [5.74, 6) is 2.11. The third-order valence-corrected chi connectivity index (χ3v) is 3.29. The monoisotopic (exact) mass is 246 g/mol. The summed E-state index contributed by atoms with van der Waals surface area (Å²) in [5.41, 5.74) is 6.13. The topological polar surface area (TPSA) is 102 Å². The molecule has 3 rings (SSSR count). The Morgan fingerprint density at radius 3 is 3.06 bits per heavy atom. The SMILES string of the molecule is NCC1CCc2nnc(-c3ccc(=O)[nH]n3)n2C1. The normalized spacial score (nSPS) is 18.6. The third-order valence-electron chi connectivity index (χ3n) is 3.29. The molecule has 0 amide bonds. The van der Waals surface area contributed by atoms with Gasteiger partial charge < -0.3 is 10.3 Å². The van der Waals surface area contributed by atoms with Gasteiger partial charge >= 0.3 is 0 Å². The first kappa shape index (κ1) is 11.1. The van der Waals surface area contributed by atoms with Crippen LogP contribution in [-0.4, -0.2) is 31.5 Å². The van der Waals surface area contributed by atoms with Crippen molar-refractivity contribution in [2.24, 2.45) is 11.7 Å². The Labute approximate surface area is 103 Å². The van der Waals surface area contributed by atoms with Crippen LogP contribution in [0.5, 0.6) is 0 Å². The first-order valence-corrected chi connectivity index (χ1v) is 5.96. The molecule has 3 heterocycles. The van der Waals surface area contributed by atoms with Gasteiger partial charge in [-0.25, -0.2) is 5.10 Å². The van der Waals surface area contributed by atoms with Crippen molar-refractivity contribution in [3.63, 3.8) is 0 Å². The van der Waals surface area contributed by atoms with Crippen LogP contribution >= 0.6 is 0 Å². The Morgan fingerprint density at radius 1 is 1.44 bits per heavy atom. The molecule has 2 aromatic rings. The molecule has 1 aliphatic rings. The number of aryl methyl sites for hydroxylation is 1. The maximum absolute atomic E-state index is 11.0. The Hall–Kier alpha value is -2.02. The van der Waals surface area contributed by atoms with Crippen molar-refractivity contribution in [1.29, 1.82) is 0 Å². The minimum atomic E-state index is -0.225. The number of aromatic nitrogens is 5. The molecule has 0 aromatic carbocycles. The third kappa shape index (κ3) is 1.82. The molecule has 1 unspecified atom stereocenters. The van der Waals surface area contributed by atoms with Crippen molar-refractivity contribution >= 4 is 0 Å². The van der Waals surface area contributed by atoms with Crippen LogP contribution in [0.1, 0.15) is 12.2 Å². The lowest BCUT2D eigenvalue weighted by atomic mass is 9.99. The lowest BCUT2D eigenvalue weighted by Crippen LogP contribution is -2.27. The Bertz CT molecular complexity index is 596. The highest BCUT2D eigenvalue weighted by atomic mass is 16.1. The van der Waals surface area contributed by atoms with E-state index in [9.17, 15) is 4.79 Å². The summed E-state index contributed by atoms with van der Waals surface area (Å²) in [4.78, 5) is 11.0. The smallest absolute Gasteiger partial charge is 0.264 e. The van der Waals surface area contributed by atoms with Crippen molar-refractivity contribution in [3.8, 4) is 11.5 Å². The predicted molar refractivity (Wildman–Crippen MR) is 64.7 cm³/mol. The molecule has 7 nitrogen and oxygen atoms in total. The van der Waals surface area contributed by atoms with E-state index in [1.165, 1.54) is 6.07 Å². The van der Waals surface area contributed by atoms with E-state index in [1.807, 2.05) is 4.57 Å². The second kappa shape index (κ2) is 4.34. The van der Waals surface area contributed by atoms with Gasteiger partial charge in [-0.3, -0.25) is 4.79 Å². The standard InChI is InChI=1S/C11H14N6O/c12-5-7-1-3-9-14-16-11(17(9)6-7)8-2-4-10(18)15-13-8/h2,4,7H,1,3,5-6,12H2,(H,15,18). The van der Waals surface area contributed by atoms with Gasteiger partial charge in [-0.05, 0) is 24.9 Å². The minimum Gasteiger partial charge on any atom is -0.330 e. The second-order valence-corrected chi connectivity index (χ2v) is 4.50. The van der Waals surface area contributed by atoms with Gasteiger partial charge in [-0.2, -0.15) is 5.10 Å². The number of H-pyrrole nitrogens is 1. The zero-order valence-corrected chi connectivity index (χ0v) is 9.83. The summed E-state index contributed by atoms with van der Waals surface area (Å²) >= 11 is 0. The van der Waals surface area contributed by atoms with E-state index < -0.39 is 0 Å². The highest BCUT2D eigenvalue weighted by Crippen LogP contribution is 2.23. The van der Waals surface area contributed by atoms with Crippen molar-refractivity contribution in [3.05, 3.63) is 28.3 Å². The van der Waals surface area contributed by atoms with E-state index in [1.54, 1.807) is 6.07 Å². The zero-order chi connectivity index (χ0) is 12.5. The van der Waals surface area contributed by atoms with Gasteiger partial charge in [0.15, 0.2) is 5.82 Å². The van der Waals surface area contributed by atoms with Crippen LogP contribution in [0, 0.1) is 5.92 Å². The largest absolute Gasteiger partial charge is 0.330 e. The van der Waals surface area contributed by atoms with Gasteiger partial charge in [-0.1, -0.05) is 0 Å². The molecule has 0 saturated heterocycles. The molecular formula is C11H14N6O. The number of rotatable bonds is 2. The number of hydrogen-bond donors (Lipinski definition) is 2. The molecule has 7 heteroatoms. The lowest BCUT2D eigenvalue weighted by Gasteiger charge is -2.22. The summed E-state index contributed by atoms with van der Waals surface area (Å²) in [5, 5.41) is 14.7. The van der Waals surface area contributed by atoms with E-state index in [2.05, 4.69) is 20.4 Å². The molecule has 0 radical (unpaired) electrons. The molecule has 2 aromatic heterocycles. The van der Waals surface area contributed by atoms with Crippen LogP contribution in [0.25, 0.3) is 11.5 Å². The van der Waals surface area contributed by atoms with Gasteiger partial charge in [0.1, 0.15) is 11.5 Å². The number of nitrogens with zero attached hydrogens (tertiary/aromatic N) is 4. The van der Waals surface area contributed by atoms with Crippen LogP contribution in [0.2, 0.25) is 0 Å². The number of nitrogens with one attached hydrogen (secondary N) is 1. The highest BCUT2D eigenvalue weighted by Gasteiger charge is 2.23. The quantitative estimate of drug-likeness (QED) is 0.747. The molecule has 1 aliphatic heterocycles. The summed E-state index contributed by atoms with van der Waals surface area (Å²) in [6, 6.07) is 3.09. The summed E-state index contributed by atoms with van der Waals surface area (Å²) in [7, 11) is 0.